The smallest absolute Gasteiger partial charge is 0.420 e. The van der Waals surface area contributed by atoms with Crippen LogP contribution in [-0.2, 0) is 12.6 Å². The standard InChI is InChI=1S/C12H13F3O3/c1-7(16)6-8-2-3-9(12(13,14)15)11-10(8)17-4-5-18-11/h2-3,7,16H,4-6H2,1H3. The first-order valence-corrected chi connectivity index (χ1v) is 5.56. The van der Waals surface area contributed by atoms with Crippen molar-refractivity contribution in [3.05, 3.63) is 23.3 Å². The predicted molar refractivity (Wildman–Crippen MR) is 57.8 cm³/mol. The molecule has 3 nitrogen and oxygen atoms in total. The number of ether oxygens (including phenoxy) is 2. The van der Waals surface area contributed by atoms with Crippen LogP contribution in [0, 0.1) is 0 Å². The number of aliphatic hydroxyl groups excluding tert-OH is 1. The fraction of sp³-hybridized carbons (Fsp3) is 0.500. The molecule has 1 atom stereocenters. The van der Waals surface area contributed by atoms with Crippen molar-refractivity contribution in [3.8, 4) is 11.5 Å². The highest BCUT2D eigenvalue weighted by Gasteiger charge is 2.37. The molecule has 18 heavy (non-hydrogen) atoms. The molecule has 1 aromatic carbocycles. The van der Waals surface area contributed by atoms with Gasteiger partial charge >= 0.3 is 6.18 Å². The Balaban J connectivity index is 2.49. The largest absolute Gasteiger partial charge is 0.486 e. The molecule has 0 bridgehead atoms. The molecule has 1 aliphatic heterocycles. The van der Waals surface area contributed by atoms with E-state index >= 15 is 0 Å². The molecule has 0 fully saturated rings. The summed E-state index contributed by atoms with van der Waals surface area (Å²) in [6, 6.07) is 2.29. The van der Waals surface area contributed by atoms with Gasteiger partial charge in [-0.05, 0) is 13.0 Å². The summed E-state index contributed by atoms with van der Waals surface area (Å²) in [5.41, 5.74) is -0.320. The van der Waals surface area contributed by atoms with E-state index in [4.69, 9.17) is 9.47 Å². The lowest BCUT2D eigenvalue weighted by atomic mass is 10.0. The van der Waals surface area contributed by atoms with Crippen LogP contribution in [0.25, 0.3) is 0 Å². The maximum absolute atomic E-state index is 12.8. The molecule has 0 aliphatic carbocycles. The van der Waals surface area contributed by atoms with E-state index in [-0.39, 0.29) is 31.1 Å². The van der Waals surface area contributed by atoms with Gasteiger partial charge in [-0.15, -0.1) is 0 Å². The third kappa shape index (κ3) is 2.53. The quantitative estimate of drug-likeness (QED) is 0.889. The summed E-state index contributed by atoms with van der Waals surface area (Å²) in [4.78, 5) is 0. The lowest BCUT2D eigenvalue weighted by Crippen LogP contribution is -2.21. The number of rotatable bonds is 2. The minimum atomic E-state index is -4.48. The summed E-state index contributed by atoms with van der Waals surface area (Å²) >= 11 is 0. The van der Waals surface area contributed by atoms with Crippen LogP contribution in [0.4, 0.5) is 13.2 Å². The molecule has 0 saturated heterocycles. The van der Waals surface area contributed by atoms with Gasteiger partial charge in [-0.1, -0.05) is 6.07 Å². The Bertz CT molecular complexity index is 441. The van der Waals surface area contributed by atoms with Crippen molar-refractivity contribution in [3.63, 3.8) is 0 Å². The van der Waals surface area contributed by atoms with E-state index in [0.29, 0.717) is 5.56 Å². The molecule has 100 valence electrons. The van der Waals surface area contributed by atoms with E-state index < -0.39 is 17.8 Å². The number of aliphatic hydroxyl groups is 1. The van der Waals surface area contributed by atoms with Gasteiger partial charge in [0.2, 0.25) is 0 Å². The zero-order valence-electron chi connectivity index (χ0n) is 9.75. The molecule has 1 unspecified atom stereocenters. The maximum Gasteiger partial charge on any atom is 0.420 e. The molecule has 1 aromatic rings. The number of benzene rings is 1. The van der Waals surface area contributed by atoms with Gasteiger partial charge in [0.1, 0.15) is 18.8 Å². The molecule has 2 rings (SSSR count). The molecule has 0 spiro atoms. The van der Waals surface area contributed by atoms with Crippen LogP contribution in [0.15, 0.2) is 12.1 Å². The van der Waals surface area contributed by atoms with Gasteiger partial charge in [-0.3, -0.25) is 0 Å². The van der Waals surface area contributed by atoms with Crippen molar-refractivity contribution >= 4 is 0 Å². The van der Waals surface area contributed by atoms with Crippen molar-refractivity contribution in [2.45, 2.75) is 25.6 Å². The number of hydrogen-bond donors (Lipinski definition) is 1. The Kier molecular flexibility index (Phi) is 3.38. The topological polar surface area (TPSA) is 38.7 Å². The first kappa shape index (κ1) is 13.0. The summed E-state index contributed by atoms with van der Waals surface area (Å²) < 4.78 is 48.7. The minimum Gasteiger partial charge on any atom is -0.486 e. The van der Waals surface area contributed by atoms with Crippen LogP contribution in [0.3, 0.4) is 0 Å². The van der Waals surface area contributed by atoms with E-state index in [1.165, 1.54) is 6.07 Å². The number of hydrogen-bond acceptors (Lipinski definition) is 3. The van der Waals surface area contributed by atoms with E-state index in [1.54, 1.807) is 6.92 Å². The number of fused-ring (bicyclic) bond motifs is 1. The fourth-order valence-corrected chi connectivity index (χ4v) is 1.89. The van der Waals surface area contributed by atoms with Crippen LogP contribution in [0.1, 0.15) is 18.1 Å². The summed E-state index contributed by atoms with van der Waals surface area (Å²) in [6.45, 7) is 1.86. The zero-order chi connectivity index (χ0) is 13.3. The van der Waals surface area contributed by atoms with Gasteiger partial charge in [0, 0.05) is 12.0 Å². The normalized spacial score (nSPS) is 16.5. The third-order valence-corrected chi connectivity index (χ3v) is 2.59. The summed E-state index contributed by atoms with van der Waals surface area (Å²) in [7, 11) is 0. The van der Waals surface area contributed by atoms with Crippen LogP contribution in [0.5, 0.6) is 11.5 Å². The molecule has 6 heteroatoms. The fourth-order valence-electron chi connectivity index (χ4n) is 1.89. The predicted octanol–water partition coefficient (Wildman–Crippen LogP) is 2.40. The van der Waals surface area contributed by atoms with Crippen molar-refractivity contribution in [1.82, 2.24) is 0 Å². The first-order chi connectivity index (χ1) is 8.39. The van der Waals surface area contributed by atoms with Gasteiger partial charge in [0.25, 0.3) is 0 Å². The monoisotopic (exact) mass is 262 g/mol. The SMILES string of the molecule is CC(O)Cc1ccc(C(F)(F)F)c2c1OCCO2. The highest BCUT2D eigenvalue weighted by molar-refractivity contribution is 5.54. The number of alkyl halides is 3. The van der Waals surface area contributed by atoms with Gasteiger partial charge in [0.05, 0.1) is 6.10 Å². The molecule has 1 aliphatic rings. The van der Waals surface area contributed by atoms with Crippen LogP contribution >= 0.6 is 0 Å². The highest BCUT2D eigenvalue weighted by Crippen LogP contribution is 2.44. The van der Waals surface area contributed by atoms with Crippen molar-refractivity contribution < 1.29 is 27.8 Å². The summed E-state index contributed by atoms with van der Waals surface area (Å²) in [6.07, 6.45) is -4.91. The van der Waals surface area contributed by atoms with E-state index in [0.717, 1.165) is 6.07 Å². The molecule has 0 saturated carbocycles. The molecular formula is C12H13F3O3. The van der Waals surface area contributed by atoms with Gasteiger partial charge in [-0.2, -0.15) is 13.2 Å². The van der Waals surface area contributed by atoms with E-state index in [2.05, 4.69) is 0 Å². The Labute approximate surface area is 102 Å². The Morgan fingerprint density at radius 3 is 2.39 bits per heavy atom. The van der Waals surface area contributed by atoms with Crippen LogP contribution < -0.4 is 9.47 Å². The molecule has 1 heterocycles. The molecule has 0 radical (unpaired) electrons. The van der Waals surface area contributed by atoms with E-state index in [1.807, 2.05) is 0 Å². The second kappa shape index (κ2) is 4.68. The third-order valence-electron chi connectivity index (χ3n) is 2.59. The number of halogens is 3. The first-order valence-electron chi connectivity index (χ1n) is 5.56. The van der Waals surface area contributed by atoms with Crippen molar-refractivity contribution in [1.29, 1.82) is 0 Å². The van der Waals surface area contributed by atoms with Crippen molar-refractivity contribution in [2.24, 2.45) is 0 Å². The molecular weight excluding hydrogens is 249 g/mol. The van der Waals surface area contributed by atoms with Crippen LogP contribution in [-0.4, -0.2) is 24.4 Å². The molecule has 1 N–H and O–H groups in total. The average Bonchev–Trinajstić information content (AvgIpc) is 2.27. The average molecular weight is 262 g/mol. The molecule has 0 amide bonds. The van der Waals surface area contributed by atoms with Gasteiger partial charge in [-0.25, -0.2) is 0 Å². The second-order valence-corrected chi connectivity index (χ2v) is 4.18. The second-order valence-electron chi connectivity index (χ2n) is 4.18. The van der Waals surface area contributed by atoms with Crippen LogP contribution in [0.2, 0.25) is 0 Å². The Morgan fingerprint density at radius 1 is 1.22 bits per heavy atom. The summed E-state index contributed by atoms with van der Waals surface area (Å²) in [5, 5.41) is 9.32. The Morgan fingerprint density at radius 2 is 1.83 bits per heavy atom. The van der Waals surface area contributed by atoms with E-state index in [9.17, 15) is 18.3 Å². The summed E-state index contributed by atoms with van der Waals surface area (Å²) in [5.74, 6) is -0.177. The maximum atomic E-state index is 12.8. The molecule has 0 aromatic heterocycles. The lowest BCUT2D eigenvalue weighted by Gasteiger charge is -2.24. The van der Waals surface area contributed by atoms with Gasteiger partial charge < -0.3 is 14.6 Å². The minimum absolute atomic E-state index is 0.0915. The van der Waals surface area contributed by atoms with Crippen molar-refractivity contribution in [2.75, 3.05) is 13.2 Å². The van der Waals surface area contributed by atoms with Gasteiger partial charge in [0.15, 0.2) is 11.5 Å². The lowest BCUT2D eigenvalue weighted by molar-refractivity contribution is -0.139. The Hall–Kier alpha value is -1.43. The highest BCUT2D eigenvalue weighted by atomic mass is 19.4. The zero-order valence-corrected chi connectivity index (χ0v) is 9.75.